The Morgan fingerprint density at radius 2 is 1.55 bits per heavy atom. The molecule has 6 heteroatoms. The molecule has 3 rings (SSSR count). The molecule has 0 aliphatic carbocycles. The van der Waals surface area contributed by atoms with E-state index in [4.69, 9.17) is 9.31 Å². The third kappa shape index (κ3) is 2.53. The molecule has 0 atom stereocenters. The van der Waals surface area contributed by atoms with Gasteiger partial charge in [0, 0.05) is 5.56 Å². The molecule has 114 valence electrons. The number of rotatable bonds is 2. The van der Waals surface area contributed by atoms with Gasteiger partial charge in [0.25, 0.3) is 0 Å². The predicted octanol–water partition coefficient (Wildman–Crippen LogP) is 2.58. The molecule has 0 amide bonds. The fourth-order valence-corrected chi connectivity index (χ4v) is 2.24. The quantitative estimate of drug-likeness (QED) is 0.800. The molecule has 22 heavy (non-hydrogen) atoms. The molecule has 1 aliphatic rings. The molecule has 0 N–H and O–H groups in total. The topological polar surface area (TPSA) is 44.2 Å². The molecular formula is C16H18BFN2O2. The lowest BCUT2D eigenvalue weighted by Crippen LogP contribution is -2.41. The zero-order valence-corrected chi connectivity index (χ0v) is 13.1. The van der Waals surface area contributed by atoms with Crippen LogP contribution in [0.3, 0.4) is 0 Å². The maximum atomic E-state index is 13.8. The van der Waals surface area contributed by atoms with Crippen molar-refractivity contribution in [1.29, 1.82) is 0 Å². The van der Waals surface area contributed by atoms with Crippen molar-refractivity contribution in [3.05, 3.63) is 42.2 Å². The molecule has 1 fully saturated rings. The van der Waals surface area contributed by atoms with Gasteiger partial charge in [-0.1, -0.05) is 12.1 Å². The average molecular weight is 300 g/mol. The Morgan fingerprint density at radius 3 is 2.09 bits per heavy atom. The van der Waals surface area contributed by atoms with Gasteiger partial charge in [-0.3, -0.25) is 0 Å². The van der Waals surface area contributed by atoms with Gasteiger partial charge in [-0.2, -0.15) is 10.2 Å². The van der Waals surface area contributed by atoms with Gasteiger partial charge in [-0.15, -0.1) is 0 Å². The number of nitrogens with zero attached hydrogens (tertiary/aromatic N) is 2. The Bertz CT molecular complexity index is 673. The molecular weight excluding hydrogens is 282 g/mol. The van der Waals surface area contributed by atoms with Gasteiger partial charge in [-0.25, -0.2) is 4.39 Å². The molecule has 0 spiro atoms. The fraction of sp³-hybridized carbons (Fsp3) is 0.375. The monoisotopic (exact) mass is 300 g/mol. The lowest BCUT2D eigenvalue weighted by molar-refractivity contribution is 0.00578. The summed E-state index contributed by atoms with van der Waals surface area (Å²) >= 11 is 0. The third-order valence-corrected chi connectivity index (χ3v) is 4.33. The van der Waals surface area contributed by atoms with E-state index in [2.05, 4.69) is 10.2 Å². The van der Waals surface area contributed by atoms with Crippen molar-refractivity contribution < 1.29 is 13.7 Å². The first-order valence-corrected chi connectivity index (χ1v) is 7.24. The Hall–Kier alpha value is -1.79. The number of aromatic nitrogens is 2. The van der Waals surface area contributed by atoms with E-state index in [9.17, 15) is 4.39 Å². The highest BCUT2D eigenvalue weighted by Gasteiger charge is 2.52. The van der Waals surface area contributed by atoms with Crippen LogP contribution in [0.2, 0.25) is 0 Å². The second-order valence-electron chi connectivity index (χ2n) is 6.41. The van der Waals surface area contributed by atoms with E-state index >= 15 is 0 Å². The van der Waals surface area contributed by atoms with Gasteiger partial charge in [0.15, 0.2) is 0 Å². The molecule has 2 aromatic rings. The normalized spacial score (nSPS) is 19.4. The van der Waals surface area contributed by atoms with E-state index in [1.165, 1.54) is 6.07 Å². The van der Waals surface area contributed by atoms with Gasteiger partial charge in [-0.05, 0) is 52.0 Å². The van der Waals surface area contributed by atoms with Gasteiger partial charge in [0.05, 0.1) is 22.5 Å². The molecule has 0 bridgehead atoms. The lowest BCUT2D eigenvalue weighted by atomic mass is 9.84. The minimum absolute atomic E-state index is 0.319. The summed E-state index contributed by atoms with van der Waals surface area (Å²) in [4.78, 5) is 0. The second kappa shape index (κ2) is 5.14. The Morgan fingerprint density at radius 1 is 0.909 bits per heavy atom. The average Bonchev–Trinajstić information content (AvgIpc) is 2.68. The summed E-state index contributed by atoms with van der Waals surface area (Å²) in [6, 6.07) is 9.98. The molecule has 2 heterocycles. The molecule has 0 saturated carbocycles. The largest absolute Gasteiger partial charge is 0.516 e. The molecule has 1 saturated heterocycles. The third-order valence-electron chi connectivity index (χ3n) is 4.33. The standard InChI is InChI=1S/C16H18BFN2O2/c1-15(2)16(3,4)22-17(21-15)14-10-9-13(19-20-14)11-7-5-6-8-12(11)18/h5-10H,1-4H3. The van der Waals surface area contributed by atoms with Gasteiger partial charge in [0.1, 0.15) is 5.82 Å². The van der Waals surface area contributed by atoms with E-state index in [-0.39, 0.29) is 5.82 Å². The van der Waals surface area contributed by atoms with Gasteiger partial charge < -0.3 is 9.31 Å². The summed E-state index contributed by atoms with van der Waals surface area (Å²) in [6.45, 7) is 7.92. The number of halogens is 1. The summed E-state index contributed by atoms with van der Waals surface area (Å²) in [6.07, 6.45) is 0. The van der Waals surface area contributed by atoms with Crippen LogP contribution in [-0.4, -0.2) is 28.5 Å². The maximum absolute atomic E-state index is 13.8. The van der Waals surface area contributed by atoms with Crippen molar-refractivity contribution in [2.24, 2.45) is 0 Å². The van der Waals surface area contributed by atoms with Crippen LogP contribution in [0, 0.1) is 5.82 Å². The first-order chi connectivity index (χ1) is 10.3. The first-order valence-electron chi connectivity index (χ1n) is 7.24. The number of benzene rings is 1. The summed E-state index contributed by atoms with van der Waals surface area (Å²) < 4.78 is 25.6. The molecule has 1 aromatic carbocycles. The van der Waals surface area contributed by atoms with Crippen LogP contribution < -0.4 is 5.59 Å². The molecule has 0 radical (unpaired) electrons. The zero-order chi connectivity index (χ0) is 16.0. The van der Waals surface area contributed by atoms with Crippen molar-refractivity contribution in [2.45, 2.75) is 38.9 Å². The summed E-state index contributed by atoms with van der Waals surface area (Å²) in [5.41, 5.74) is 0.639. The Labute approximate surface area is 129 Å². The smallest absolute Gasteiger partial charge is 0.398 e. The van der Waals surface area contributed by atoms with E-state index in [1.807, 2.05) is 27.7 Å². The highest BCUT2D eigenvalue weighted by molar-refractivity contribution is 6.61. The van der Waals surface area contributed by atoms with Crippen molar-refractivity contribution in [2.75, 3.05) is 0 Å². The molecule has 1 aromatic heterocycles. The fourth-order valence-electron chi connectivity index (χ4n) is 2.24. The number of hydrogen-bond acceptors (Lipinski definition) is 4. The van der Waals surface area contributed by atoms with Crippen LogP contribution in [0.25, 0.3) is 11.3 Å². The second-order valence-corrected chi connectivity index (χ2v) is 6.41. The van der Waals surface area contributed by atoms with E-state index in [1.54, 1.807) is 30.3 Å². The maximum Gasteiger partial charge on any atom is 0.516 e. The van der Waals surface area contributed by atoms with E-state index < -0.39 is 18.3 Å². The predicted molar refractivity (Wildman–Crippen MR) is 83.1 cm³/mol. The molecule has 0 unspecified atom stereocenters. The molecule has 1 aliphatic heterocycles. The summed E-state index contributed by atoms with van der Waals surface area (Å²) in [5, 5.41) is 8.24. The SMILES string of the molecule is CC1(C)OB(c2ccc(-c3ccccc3F)nn2)OC1(C)C. The lowest BCUT2D eigenvalue weighted by Gasteiger charge is -2.32. The minimum atomic E-state index is -0.563. The van der Waals surface area contributed by atoms with Crippen molar-refractivity contribution in [3.63, 3.8) is 0 Å². The first kappa shape index (κ1) is 15.1. The van der Waals surface area contributed by atoms with E-state index in [0.717, 1.165) is 0 Å². The zero-order valence-electron chi connectivity index (χ0n) is 13.1. The van der Waals surface area contributed by atoms with Crippen LogP contribution >= 0.6 is 0 Å². The van der Waals surface area contributed by atoms with Crippen molar-refractivity contribution >= 4 is 12.7 Å². The van der Waals surface area contributed by atoms with Crippen LogP contribution in [0.4, 0.5) is 4.39 Å². The minimum Gasteiger partial charge on any atom is -0.398 e. The van der Waals surface area contributed by atoms with Crippen molar-refractivity contribution in [1.82, 2.24) is 10.2 Å². The highest BCUT2D eigenvalue weighted by atomic mass is 19.1. The van der Waals surface area contributed by atoms with Gasteiger partial charge in [0.2, 0.25) is 0 Å². The van der Waals surface area contributed by atoms with Crippen LogP contribution in [0.5, 0.6) is 0 Å². The van der Waals surface area contributed by atoms with E-state index in [0.29, 0.717) is 16.9 Å². The van der Waals surface area contributed by atoms with Crippen LogP contribution in [-0.2, 0) is 9.31 Å². The van der Waals surface area contributed by atoms with Crippen LogP contribution in [0.15, 0.2) is 36.4 Å². The summed E-state index contributed by atoms with van der Waals surface area (Å²) in [5.74, 6) is -0.319. The van der Waals surface area contributed by atoms with Gasteiger partial charge >= 0.3 is 7.12 Å². The summed E-state index contributed by atoms with van der Waals surface area (Å²) in [7, 11) is -0.563. The Balaban J connectivity index is 1.86. The van der Waals surface area contributed by atoms with Crippen LogP contribution in [0.1, 0.15) is 27.7 Å². The molecule has 4 nitrogen and oxygen atoms in total. The highest BCUT2D eigenvalue weighted by Crippen LogP contribution is 2.36. The number of hydrogen-bond donors (Lipinski definition) is 0. The Kier molecular flexibility index (Phi) is 3.53. The van der Waals surface area contributed by atoms with Crippen molar-refractivity contribution in [3.8, 4) is 11.3 Å².